The minimum atomic E-state index is 0.170. The molecule has 2 aliphatic rings. The SMILES string of the molecule is CC=CC1/C=C\C(CC(C)(C)C)=C/C(=N)C2=Cc3c(n4c5cc(-c6ccccc6C)c(C)cc5c5cccc3c54)CC21. The molecule has 0 spiro atoms. The summed E-state index contributed by atoms with van der Waals surface area (Å²) in [7, 11) is 0. The van der Waals surface area contributed by atoms with E-state index >= 15 is 0 Å². The molecule has 0 aliphatic heterocycles. The maximum Gasteiger partial charge on any atom is 0.0617 e. The monoisotopic (exact) mass is 548 g/mol. The fraction of sp³-hybridized carbons (Fsp3) is 0.275. The van der Waals surface area contributed by atoms with Gasteiger partial charge in [0.2, 0.25) is 0 Å². The van der Waals surface area contributed by atoms with Crippen molar-refractivity contribution in [3.8, 4) is 11.1 Å². The number of para-hydroxylation sites is 1. The third-order valence-electron chi connectivity index (χ3n) is 9.34. The molecule has 0 amide bonds. The third kappa shape index (κ3) is 4.19. The van der Waals surface area contributed by atoms with Crippen LogP contribution in [0.1, 0.15) is 56.5 Å². The van der Waals surface area contributed by atoms with Gasteiger partial charge < -0.3 is 9.81 Å². The molecule has 2 atom stereocenters. The van der Waals surface area contributed by atoms with E-state index in [2.05, 4.69) is 137 Å². The van der Waals surface area contributed by atoms with Crippen LogP contribution in [0, 0.1) is 36.5 Å². The van der Waals surface area contributed by atoms with Crippen LogP contribution in [0.25, 0.3) is 44.4 Å². The van der Waals surface area contributed by atoms with Crippen molar-refractivity contribution in [2.24, 2.45) is 17.3 Å². The van der Waals surface area contributed by atoms with Crippen LogP contribution in [0.3, 0.4) is 0 Å². The Morgan fingerprint density at radius 2 is 1.69 bits per heavy atom. The Balaban J connectivity index is 1.49. The van der Waals surface area contributed by atoms with E-state index in [1.807, 2.05) is 0 Å². The molecule has 210 valence electrons. The number of benzene rings is 3. The molecule has 2 aromatic heterocycles. The van der Waals surface area contributed by atoms with Crippen molar-refractivity contribution in [1.29, 1.82) is 5.41 Å². The molecule has 0 fully saturated rings. The Morgan fingerprint density at radius 3 is 2.45 bits per heavy atom. The molecule has 2 unspecified atom stereocenters. The summed E-state index contributed by atoms with van der Waals surface area (Å²) in [6, 6.07) is 20.3. The van der Waals surface area contributed by atoms with Crippen molar-refractivity contribution in [2.45, 2.75) is 54.4 Å². The number of hydrogen-bond donors (Lipinski definition) is 1. The van der Waals surface area contributed by atoms with Crippen LogP contribution in [0.2, 0.25) is 0 Å². The maximum atomic E-state index is 9.30. The summed E-state index contributed by atoms with van der Waals surface area (Å²) in [6.07, 6.45) is 15.5. The topological polar surface area (TPSA) is 28.3 Å². The zero-order valence-corrected chi connectivity index (χ0v) is 25.7. The highest BCUT2D eigenvalue weighted by Gasteiger charge is 2.33. The van der Waals surface area contributed by atoms with Gasteiger partial charge in [0.25, 0.3) is 0 Å². The lowest BCUT2D eigenvalue weighted by Crippen LogP contribution is -2.25. The average Bonchev–Trinajstić information content (AvgIpc) is 3.44. The summed E-state index contributed by atoms with van der Waals surface area (Å²) < 4.78 is 2.56. The predicted octanol–water partition coefficient (Wildman–Crippen LogP) is 10.7. The van der Waals surface area contributed by atoms with Crippen LogP contribution >= 0.6 is 0 Å². The van der Waals surface area contributed by atoms with Gasteiger partial charge in [-0.05, 0) is 96.7 Å². The average molecular weight is 549 g/mol. The minimum Gasteiger partial charge on any atom is -0.312 e. The molecule has 2 heterocycles. The highest BCUT2D eigenvalue weighted by molar-refractivity contribution is 6.19. The summed E-state index contributed by atoms with van der Waals surface area (Å²) >= 11 is 0. The van der Waals surface area contributed by atoms with Crippen LogP contribution in [-0.2, 0) is 6.42 Å². The van der Waals surface area contributed by atoms with Gasteiger partial charge in [-0.1, -0.05) is 87.5 Å². The highest BCUT2D eigenvalue weighted by atomic mass is 14.9. The molecular formula is C40H40N2. The highest BCUT2D eigenvalue weighted by Crippen LogP contribution is 2.46. The molecule has 3 aromatic carbocycles. The van der Waals surface area contributed by atoms with Crippen LogP contribution < -0.4 is 0 Å². The summed E-state index contributed by atoms with van der Waals surface area (Å²) in [4.78, 5) is 0. The lowest BCUT2D eigenvalue weighted by molar-refractivity contribution is 0.413. The zero-order chi connectivity index (χ0) is 29.3. The fourth-order valence-corrected chi connectivity index (χ4v) is 7.55. The van der Waals surface area contributed by atoms with Gasteiger partial charge in [0.15, 0.2) is 0 Å². The first-order valence-corrected chi connectivity index (χ1v) is 15.3. The van der Waals surface area contributed by atoms with Crippen molar-refractivity contribution >= 4 is 39.0 Å². The fourth-order valence-electron chi connectivity index (χ4n) is 7.55. The second kappa shape index (κ2) is 9.70. The zero-order valence-electron chi connectivity index (χ0n) is 25.7. The summed E-state index contributed by atoms with van der Waals surface area (Å²) in [6.45, 7) is 13.4. The minimum absolute atomic E-state index is 0.170. The first kappa shape index (κ1) is 26.7. The normalized spacial score (nSPS) is 21.3. The number of fused-ring (bicyclic) bond motifs is 7. The van der Waals surface area contributed by atoms with E-state index < -0.39 is 0 Å². The van der Waals surface area contributed by atoms with E-state index in [1.54, 1.807) is 0 Å². The number of rotatable bonds is 3. The molecule has 0 radical (unpaired) electrons. The molecule has 2 nitrogen and oxygen atoms in total. The molecule has 2 aliphatic carbocycles. The van der Waals surface area contributed by atoms with E-state index in [0.29, 0.717) is 5.71 Å². The summed E-state index contributed by atoms with van der Waals surface area (Å²) in [5.41, 5.74) is 13.7. The third-order valence-corrected chi connectivity index (χ3v) is 9.34. The van der Waals surface area contributed by atoms with E-state index in [9.17, 15) is 5.41 Å². The summed E-state index contributed by atoms with van der Waals surface area (Å²) in [5.74, 6) is 0.462. The van der Waals surface area contributed by atoms with Gasteiger partial charge in [-0.3, -0.25) is 0 Å². The molecule has 7 rings (SSSR count). The quantitative estimate of drug-likeness (QED) is 0.217. The molecule has 0 bridgehead atoms. The van der Waals surface area contributed by atoms with Crippen molar-refractivity contribution in [1.82, 2.24) is 4.40 Å². The molecule has 0 saturated carbocycles. The number of hydrogen-bond acceptors (Lipinski definition) is 1. The number of nitrogens with zero attached hydrogens (tertiary/aromatic N) is 1. The molecule has 42 heavy (non-hydrogen) atoms. The lowest BCUT2D eigenvalue weighted by atomic mass is 9.73. The Bertz CT molecular complexity index is 2010. The maximum absolute atomic E-state index is 9.30. The summed E-state index contributed by atoms with van der Waals surface area (Å²) in [5, 5.41) is 13.2. The second-order valence-corrected chi connectivity index (χ2v) is 13.6. The Kier molecular flexibility index (Phi) is 6.17. The van der Waals surface area contributed by atoms with Crippen molar-refractivity contribution < 1.29 is 0 Å². The van der Waals surface area contributed by atoms with E-state index in [4.69, 9.17) is 0 Å². The van der Waals surface area contributed by atoms with Crippen LogP contribution in [0.4, 0.5) is 0 Å². The van der Waals surface area contributed by atoms with Crippen LogP contribution in [-0.4, -0.2) is 10.1 Å². The van der Waals surface area contributed by atoms with Crippen LogP contribution in [0.5, 0.6) is 0 Å². The standard InChI is InChI=1S/C40H40N2/c1-7-11-27-17-16-26(23-40(4,5)6)19-36(41)33-20-35-30-15-10-14-29-34-18-25(3)31(28-13-9-8-12-24(28)2)21-37(34)42(39(29)30)38(35)22-32(27)33/h7-21,27,32,41H,22-23H2,1-6H3/b11-7?,17-16-,26-19+,41-36?. The molecular weight excluding hydrogens is 508 g/mol. The molecule has 2 heteroatoms. The smallest absolute Gasteiger partial charge is 0.0617 e. The van der Waals surface area contributed by atoms with Crippen molar-refractivity contribution in [3.05, 3.63) is 119 Å². The molecule has 1 N–H and O–H groups in total. The van der Waals surface area contributed by atoms with Gasteiger partial charge >= 0.3 is 0 Å². The Morgan fingerprint density at radius 1 is 0.905 bits per heavy atom. The van der Waals surface area contributed by atoms with E-state index in [-0.39, 0.29) is 17.3 Å². The Labute approximate surface area is 249 Å². The van der Waals surface area contributed by atoms with Gasteiger partial charge in [-0.15, -0.1) is 0 Å². The number of aryl methyl sites for hydroxylation is 2. The largest absolute Gasteiger partial charge is 0.312 e. The number of allylic oxidation sites excluding steroid dienone is 7. The van der Waals surface area contributed by atoms with E-state index in [1.165, 1.54) is 66.3 Å². The van der Waals surface area contributed by atoms with Gasteiger partial charge in [-0.2, -0.15) is 0 Å². The van der Waals surface area contributed by atoms with Gasteiger partial charge in [-0.25, -0.2) is 0 Å². The van der Waals surface area contributed by atoms with Gasteiger partial charge in [0.05, 0.1) is 16.7 Å². The van der Waals surface area contributed by atoms with Gasteiger partial charge in [0, 0.05) is 39.3 Å². The van der Waals surface area contributed by atoms with E-state index in [0.717, 1.165) is 18.4 Å². The van der Waals surface area contributed by atoms with Crippen molar-refractivity contribution in [3.63, 3.8) is 0 Å². The molecule has 0 saturated heterocycles. The molecule has 5 aromatic rings. The predicted molar refractivity (Wildman–Crippen MR) is 181 cm³/mol. The van der Waals surface area contributed by atoms with Gasteiger partial charge in [0.1, 0.15) is 0 Å². The second-order valence-electron chi connectivity index (χ2n) is 13.6. The van der Waals surface area contributed by atoms with Crippen molar-refractivity contribution in [2.75, 3.05) is 0 Å². The number of aromatic nitrogens is 1. The lowest BCUT2D eigenvalue weighted by Gasteiger charge is -2.31. The first-order valence-electron chi connectivity index (χ1n) is 15.3. The Hall–Kier alpha value is -4.17. The van der Waals surface area contributed by atoms with Crippen LogP contribution in [0.15, 0.2) is 96.1 Å². The first-order chi connectivity index (χ1) is 20.1. The number of nitrogens with one attached hydrogen (secondary N) is 1.